The third-order valence-corrected chi connectivity index (χ3v) is 2.51. The molecule has 0 amide bonds. The van der Waals surface area contributed by atoms with Gasteiger partial charge in [0.25, 0.3) is 0 Å². The molecule has 15 heavy (non-hydrogen) atoms. The van der Waals surface area contributed by atoms with E-state index in [9.17, 15) is 0 Å². The molecule has 1 aliphatic heterocycles. The lowest BCUT2D eigenvalue weighted by atomic mass is 10.2. The predicted molar refractivity (Wildman–Crippen MR) is 59.0 cm³/mol. The molecule has 2 rings (SSSR count). The predicted octanol–water partition coefficient (Wildman–Crippen LogP) is 1.16. The van der Waals surface area contributed by atoms with Gasteiger partial charge in [-0.15, -0.1) is 0 Å². The monoisotopic (exact) mass is 206 g/mol. The van der Waals surface area contributed by atoms with Crippen molar-refractivity contribution in [1.29, 1.82) is 0 Å². The average Bonchev–Trinajstić information content (AvgIpc) is 2.31. The molecule has 1 fully saturated rings. The van der Waals surface area contributed by atoms with Gasteiger partial charge in [0.05, 0.1) is 12.7 Å². The maximum atomic E-state index is 5.30. The van der Waals surface area contributed by atoms with E-state index in [0.29, 0.717) is 0 Å². The normalized spacial score (nSPS) is 16.2. The van der Waals surface area contributed by atoms with Gasteiger partial charge in [0, 0.05) is 0 Å². The van der Waals surface area contributed by atoms with Crippen LogP contribution >= 0.6 is 0 Å². The van der Waals surface area contributed by atoms with Gasteiger partial charge < -0.3 is 9.47 Å². The summed E-state index contributed by atoms with van der Waals surface area (Å²) in [6, 6.07) is 8.05. The first-order valence-corrected chi connectivity index (χ1v) is 5.20. The highest BCUT2D eigenvalue weighted by Crippen LogP contribution is 2.14. The Balaban J connectivity index is 2.21. The van der Waals surface area contributed by atoms with E-state index in [1.165, 1.54) is 0 Å². The maximum absolute atomic E-state index is 5.30. The SMILES string of the molecule is COc1ccccc1C=[N+]1CCOCC1. The first-order valence-electron chi connectivity index (χ1n) is 5.20. The van der Waals surface area contributed by atoms with Crippen molar-refractivity contribution in [3.8, 4) is 5.75 Å². The fourth-order valence-electron chi connectivity index (χ4n) is 1.68. The largest absolute Gasteiger partial charge is 0.496 e. The molecule has 0 bridgehead atoms. The summed E-state index contributed by atoms with van der Waals surface area (Å²) in [5.41, 5.74) is 1.13. The van der Waals surface area contributed by atoms with Crippen LogP contribution in [0.5, 0.6) is 5.75 Å². The Morgan fingerprint density at radius 3 is 2.73 bits per heavy atom. The van der Waals surface area contributed by atoms with Gasteiger partial charge in [-0.2, -0.15) is 0 Å². The zero-order valence-electron chi connectivity index (χ0n) is 8.98. The third-order valence-electron chi connectivity index (χ3n) is 2.51. The van der Waals surface area contributed by atoms with Crippen molar-refractivity contribution in [3.63, 3.8) is 0 Å². The molecule has 3 heteroatoms. The zero-order valence-corrected chi connectivity index (χ0v) is 8.98. The van der Waals surface area contributed by atoms with Crippen LogP contribution < -0.4 is 4.74 Å². The highest BCUT2D eigenvalue weighted by atomic mass is 16.5. The van der Waals surface area contributed by atoms with E-state index in [4.69, 9.17) is 9.47 Å². The Morgan fingerprint density at radius 2 is 2.00 bits per heavy atom. The lowest BCUT2D eigenvalue weighted by molar-refractivity contribution is -0.544. The summed E-state index contributed by atoms with van der Waals surface area (Å²) in [4.78, 5) is 0. The van der Waals surface area contributed by atoms with Gasteiger partial charge in [-0.1, -0.05) is 12.1 Å². The van der Waals surface area contributed by atoms with Crippen LogP contribution in [0.4, 0.5) is 0 Å². The van der Waals surface area contributed by atoms with Gasteiger partial charge in [-0.3, -0.25) is 0 Å². The fraction of sp³-hybridized carbons (Fsp3) is 0.417. The standard InChI is InChI=1S/C12H16NO2/c1-14-12-5-3-2-4-11(12)10-13-6-8-15-9-7-13/h2-5,10H,6-9H2,1H3/q+1. The summed E-state index contributed by atoms with van der Waals surface area (Å²) in [6.45, 7) is 3.54. The molecule has 1 aliphatic rings. The summed E-state index contributed by atoms with van der Waals surface area (Å²) in [6.07, 6.45) is 2.14. The summed E-state index contributed by atoms with van der Waals surface area (Å²) >= 11 is 0. The van der Waals surface area contributed by atoms with E-state index in [1.54, 1.807) is 7.11 Å². The van der Waals surface area contributed by atoms with E-state index in [2.05, 4.69) is 16.9 Å². The second-order valence-corrected chi connectivity index (χ2v) is 3.52. The van der Waals surface area contributed by atoms with Crippen LogP contribution in [-0.4, -0.2) is 44.2 Å². The number of ether oxygens (including phenoxy) is 2. The number of para-hydroxylation sites is 1. The van der Waals surface area contributed by atoms with E-state index >= 15 is 0 Å². The minimum atomic E-state index is 0.811. The summed E-state index contributed by atoms with van der Waals surface area (Å²) in [5, 5.41) is 0. The van der Waals surface area contributed by atoms with Gasteiger partial charge >= 0.3 is 0 Å². The van der Waals surface area contributed by atoms with E-state index in [1.807, 2.05) is 18.2 Å². The van der Waals surface area contributed by atoms with Crippen LogP contribution in [0.15, 0.2) is 24.3 Å². The summed E-state index contributed by atoms with van der Waals surface area (Å²) in [5.74, 6) is 0.920. The van der Waals surface area contributed by atoms with Crippen LogP contribution in [0.25, 0.3) is 0 Å². The Kier molecular flexibility index (Phi) is 3.35. The molecule has 0 spiro atoms. The van der Waals surface area contributed by atoms with Crippen LogP contribution in [-0.2, 0) is 4.74 Å². The number of morpholine rings is 1. The minimum Gasteiger partial charge on any atom is -0.496 e. The summed E-state index contributed by atoms with van der Waals surface area (Å²) < 4.78 is 12.9. The molecule has 80 valence electrons. The molecule has 1 aromatic rings. The molecule has 0 atom stereocenters. The molecular weight excluding hydrogens is 190 g/mol. The van der Waals surface area contributed by atoms with Crippen LogP contribution in [0, 0.1) is 0 Å². The number of benzene rings is 1. The lowest BCUT2D eigenvalue weighted by Gasteiger charge is -2.11. The highest BCUT2D eigenvalue weighted by molar-refractivity contribution is 5.79. The number of nitrogens with zero attached hydrogens (tertiary/aromatic N) is 1. The highest BCUT2D eigenvalue weighted by Gasteiger charge is 2.12. The third kappa shape index (κ3) is 2.57. The van der Waals surface area contributed by atoms with Gasteiger partial charge in [0.2, 0.25) is 0 Å². The molecule has 1 heterocycles. The Bertz CT molecular complexity index is 352. The molecule has 0 aliphatic carbocycles. The average molecular weight is 206 g/mol. The van der Waals surface area contributed by atoms with Crippen LogP contribution in [0.3, 0.4) is 0 Å². The summed E-state index contributed by atoms with van der Waals surface area (Å²) in [7, 11) is 1.70. The molecule has 1 saturated heterocycles. The van der Waals surface area contributed by atoms with Crippen LogP contribution in [0.2, 0.25) is 0 Å². The van der Waals surface area contributed by atoms with Gasteiger partial charge in [-0.25, -0.2) is 4.58 Å². The molecule has 1 aromatic carbocycles. The molecule has 0 aromatic heterocycles. The van der Waals surface area contributed by atoms with Crippen molar-refractivity contribution in [2.24, 2.45) is 0 Å². The van der Waals surface area contributed by atoms with Gasteiger partial charge in [0.15, 0.2) is 19.3 Å². The van der Waals surface area contributed by atoms with Gasteiger partial charge in [-0.05, 0) is 12.1 Å². The smallest absolute Gasteiger partial charge is 0.174 e. The molecule has 0 unspecified atom stereocenters. The molecule has 0 radical (unpaired) electrons. The van der Waals surface area contributed by atoms with Crippen molar-refractivity contribution in [1.82, 2.24) is 0 Å². The lowest BCUT2D eigenvalue weighted by Crippen LogP contribution is -2.29. The molecular formula is C12H16NO2+. The van der Waals surface area contributed by atoms with E-state index in [0.717, 1.165) is 37.6 Å². The Labute approximate surface area is 89.9 Å². The second kappa shape index (κ2) is 4.94. The number of hydrogen-bond donors (Lipinski definition) is 0. The number of methoxy groups -OCH3 is 1. The molecule has 0 N–H and O–H groups in total. The zero-order chi connectivity index (χ0) is 10.5. The molecule has 0 saturated carbocycles. The second-order valence-electron chi connectivity index (χ2n) is 3.52. The van der Waals surface area contributed by atoms with Crippen molar-refractivity contribution >= 4 is 6.21 Å². The quantitative estimate of drug-likeness (QED) is 0.677. The van der Waals surface area contributed by atoms with Crippen molar-refractivity contribution < 1.29 is 14.0 Å². The van der Waals surface area contributed by atoms with Crippen molar-refractivity contribution in [2.45, 2.75) is 0 Å². The maximum Gasteiger partial charge on any atom is 0.174 e. The fourth-order valence-corrected chi connectivity index (χ4v) is 1.68. The number of hydrogen-bond acceptors (Lipinski definition) is 2. The molecule has 3 nitrogen and oxygen atoms in total. The first-order chi connectivity index (χ1) is 7.40. The van der Waals surface area contributed by atoms with Crippen molar-refractivity contribution in [3.05, 3.63) is 29.8 Å². The minimum absolute atomic E-state index is 0.811. The Morgan fingerprint density at radius 1 is 1.27 bits per heavy atom. The first kappa shape index (κ1) is 10.2. The van der Waals surface area contributed by atoms with Gasteiger partial charge in [0.1, 0.15) is 19.0 Å². The topological polar surface area (TPSA) is 21.5 Å². The van der Waals surface area contributed by atoms with Crippen LogP contribution in [0.1, 0.15) is 5.56 Å². The number of rotatable bonds is 2. The van der Waals surface area contributed by atoms with Crippen molar-refractivity contribution in [2.75, 3.05) is 33.4 Å². The van der Waals surface area contributed by atoms with E-state index < -0.39 is 0 Å². The van der Waals surface area contributed by atoms with E-state index in [-0.39, 0.29) is 0 Å². The Hall–Kier alpha value is -1.35.